The van der Waals surface area contributed by atoms with Gasteiger partial charge in [0.05, 0.1) is 5.69 Å². The predicted molar refractivity (Wildman–Crippen MR) is 39.9 cm³/mol. The zero-order chi connectivity index (χ0) is 8.72. The van der Waals surface area contributed by atoms with E-state index in [4.69, 9.17) is 5.73 Å². The quantitative estimate of drug-likeness (QED) is 0.606. The van der Waals surface area contributed by atoms with Crippen LogP contribution in [-0.2, 0) is 0 Å². The van der Waals surface area contributed by atoms with Gasteiger partial charge in [0, 0.05) is 0 Å². The highest BCUT2D eigenvalue weighted by atomic mass is 19.1. The van der Waals surface area contributed by atoms with Crippen LogP contribution in [0.4, 0.5) is 10.2 Å². The minimum Gasteiger partial charge on any atom is -0.382 e. The summed E-state index contributed by atoms with van der Waals surface area (Å²) in [4.78, 5) is 3.65. The van der Waals surface area contributed by atoms with Gasteiger partial charge in [-0.15, -0.1) is 9.73 Å². The minimum absolute atomic E-state index is 0.100. The highest BCUT2D eigenvalue weighted by Gasteiger charge is 2.12. The maximum Gasteiger partial charge on any atom is 0.177 e. The normalized spacial score (nSPS) is 10.8. The molecule has 5 nitrogen and oxygen atoms in total. The van der Waals surface area contributed by atoms with Crippen LogP contribution in [0.15, 0.2) is 6.33 Å². The Labute approximate surface area is 67.0 Å². The average molecular weight is 167 g/mol. The van der Waals surface area contributed by atoms with Crippen LogP contribution in [0.5, 0.6) is 0 Å². The number of nitrogens with two attached hydrogens (primary N) is 1. The number of fused-ring (bicyclic) bond motifs is 1. The Balaban J connectivity index is 2.97. The molecule has 0 saturated carbocycles. The number of aromatic nitrogens is 4. The molecule has 2 N–H and O–H groups in total. The Morgan fingerprint density at radius 2 is 2.33 bits per heavy atom. The SMILES string of the molecule is Cc1nn2ncnc(N)c2c1F. The average Bonchev–Trinajstić information content (AvgIpc) is 2.29. The molecule has 6 heteroatoms. The maximum absolute atomic E-state index is 13.2. The standard InChI is InChI=1S/C6H6FN5/c1-3-4(7)5-6(8)9-2-10-12(5)11-3/h2H,1H3,(H2,8,9,10). The molecular weight excluding hydrogens is 161 g/mol. The number of halogens is 1. The van der Waals surface area contributed by atoms with Gasteiger partial charge in [0.15, 0.2) is 17.2 Å². The van der Waals surface area contributed by atoms with Gasteiger partial charge in [-0.2, -0.15) is 5.10 Å². The van der Waals surface area contributed by atoms with Gasteiger partial charge in [0.2, 0.25) is 0 Å². The van der Waals surface area contributed by atoms with Crippen molar-refractivity contribution in [2.24, 2.45) is 0 Å². The summed E-state index contributed by atoms with van der Waals surface area (Å²) in [6, 6.07) is 0. The summed E-state index contributed by atoms with van der Waals surface area (Å²) in [5.74, 6) is -0.365. The molecule has 12 heavy (non-hydrogen) atoms. The summed E-state index contributed by atoms with van der Waals surface area (Å²) in [7, 11) is 0. The van der Waals surface area contributed by atoms with Gasteiger partial charge in [-0.05, 0) is 6.92 Å². The number of nitrogen functional groups attached to an aromatic ring is 1. The van der Waals surface area contributed by atoms with E-state index in [2.05, 4.69) is 15.2 Å². The molecule has 2 heterocycles. The van der Waals surface area contributed by atoms with E-state index in [1.54, 1.807) is 6.92 Å². The zero-order valence-electron chi connectivity index (χ0n) is 6.32. The van der Waals surface area contributed by atoms with Crippen molar-refractivity contribution in [2.75, 3.05) is 5.73 Å². The fourth-order valence-electron chi connectivity index (χ4n) is 0.992. The third-order valence-corrected chi connectivity index (χ3v) is 1.57. The van der Waals surface area contributed by atoms with Crippen molar-refractivity contribution in [1.29, 1.82) is 0 Å². The van der Waals surface area contributed by atoms with Gasteiger partial charge in [0.25, 0.3) is 0 Å². The smallest absolute Gasteiger partial charge is 0.177 e. The van der Waals surface area contributed by atoms with Crippen LogP contribution in [-0.4, -0.2) is 19.8 Å². The molecule has 0 saturated heterocycles. The van der Waals surface area contributed by atoms with E-state index >= 15 is 0 Å². The Morgan fingerprint density at radius 3 is 3.00 bits per heavy atom. The summed E-state index contributed by atoms with van der Waals surface area (Å²) in [5, 5.41) is 7.48. The molecule has 0 aliphatic carbocycles. The Kier molecular flexibility index (Phi) is 1.24. The minimum atomic E-state index is -0.465. The first-order valence-electron chi connectivity index (χ1n) is 3.31. The van der Waals surface area contributed by atoms with Crippen LogP contribution in [0.2, 0.25) is 0 Å². The van der Waals surface area contributed by atoms with Crippen molar-refractivity contribution >= 4 is 11.3 Å². The molecule has 0 amide bonds. The lowest BCUT2D eigenvalue weighted by atomic mass is 10.4. The topological polar surface area (TPSA) is 69.1 Å². The largest absolute Gasteiger partial charge is 0.382 e. The summed E-state index contributed by atoms with van der Waals surface area (Å²) < 4.78 is 14.3. The first kappa shape index (κ1) is 6.96. The van der Waals surface area contributed by atoms with Crippen molar-refractivity contribution in [3.05, 3.63) is 17.8 Å². The van der Waals surface area contributed by atoms with Crippen molar-refractivity contribution in [2.45, 2.75) is 6.92 Å². The van der Waals surface area contributed by atoms with Crippen LogP contribution in [0.1, 0.15) is 5.69 Å². The molecule has 0 radical (unpaired) electrons. The first-order chi connectivity index (χ1) is 5.70. The lowest BCUT2D eigenvalue weighted by molar-refractivity contribution is 0.629. The van der Waals surface area contributed by atoms with Crippen molar-refractivity contribution in [3.8, 4) is 0 Å². The zero-order valence-corrected chi connectivity index (χ0v) is 6.32. The van der Waals surface area contributed by atoms with Gasteiger partial charge in [-0.3, -0.25) is 0 Å². The summed E-state index contributed by atoms with van der Waals surface area (Å²) >= 11 is 0. The van der Waals surface area contributed by atoms with E-state index in [1.807, 2.05) is 0 Å². The molecule has 0 unspecified atom stereocenters. The van der Waals surface area contributed by atoms with E-state index < -0.39 is 5.82 Å². The van der Waals surface area contributed by atoms with Gasteiger partial charge in [0.1, 0.15) is 6.33 Å². The summed E-state index contributed by atoms with van der Waals surface area (Å²) in [6.45, 7) is 1.55. The van der Waals surface area contributed by atoms with Crippen molar-refractivity contribution < 1.29 is 4.39 Å². The second-order valence-corrected chi connectivity index (χ2v) is 2.38. The number of anilines is 1. The van der Waals surface area contributed by atoms with Crippen LogP contribution < -0.4 is 5.73 Å². The fraction of sp³-hybridized carbons (Fsp3) is 0.167. The van der Waals surface area contributed by atoms with Crippen LogP contribution in [0.25, 0.3) is 5.52 Å². The first-order valence-corrected chi connectivity index (χ1v) is 3.31. The number of hydrogen-bond donors (Lipinski definition) is 1. The molecule has 62 valence electrons. The molecule has 2 aromatic rings. The molecular formula is C6H6FN5. The molecule has 0 aromatic carbocycles. The van der Waals surface area contributed by atoms with Crippen LogP contribution in [0.3, 0.4) is 0 Å². The van der Waals surface area contributed by atoms with E-state index in [1.165, 1.54) is 6.33 Å². The van der Waals surface area contributed by atoms with Gasteiger partial charge >= 0.3 is 0 Å². The third kappa shape index (κ3) is 0.744. The number of hydrogen-bond acceptors (Lipinski definition) is 4. The Bertz CT molecular complexity index is 435. The molecule has 2 rings (SSSR count). The molecule has 2 aromatic heterocycles. The lowest BCUT2D eigenvalue weighted by Gasteiger charge is -1.92. The van der Waals surface area contributed by atoms with Gasteiger partial charge in [-0.25, -0.2) is 9.37 Å². The lowest BCUT2D eigenvalue weighted by Crippen LogP contribution is -2.00. The number of rotatable bonds is 0. The summed E-state index contributed by atoms with van der Waals surface area (Å²) in [5.41, 5.74) is 5.82. The highest BCUT2D eigenvalue weighted by Crippen LogP contribution is 2.15. The second kappa shape index (κ2) is 2.13. The molecule has 0 bridgehead atoms. The molecule has 0 aliphatic rings. The van der Waals surface area contributed by atoms with Gasteiger partial charge < -0.3 is 5.73 Å². The second-order valence-electron chi connectivity index (χ2n) is 2.38. The van der Waals surface area contributed by atoms with E-state index in [0.29, 0.717) is 0 Å². The van der Waals surface area contributed by atoms with Crippen LogP contribution in [0, 0.1) is 12.7 Å². The van der Waals surface area contributed by atoms with Crippen LogP contribution >= 0.6 is 0 Å². The Morgan fingerprint density at radius 1 is 1.58 bits per heavy atom. The fourth-order valence-corrected chi connectivity index (χ4v) is 0.992. The molecule has 0 spiro atoms. The van der Waals surface area contributed by atoms with Crippen molar-refractivity contribution in [1.82, 2.24) is 19.8 Å². The predicted octanol–water partition coefficient (Wildman–Crippen LogP) is 0.154. The summed E-state index contributed by atoms with van der Waals surface area (Å²) in [6.07, 6.45) is 1.23. The molecule has 0 fully saturated rings. The van der Waals surface area contributed by atoms with E-state index in [9.17, 15) is 4.39 Å². The van der Waals surface area contributed by atoms with Gasteiger partial charge in [-0.1, -0.05) is 0 Å². The third-order valence-electron chi connectivity index (χ3n) is 1.57. The number of nitrogens with zero attached hydrogens (tertiary/aromatic N) is 4. The highest BCUT2D eigenvalue weighted by molar-refractivity contribution is 5.65. The molecule has 0 aliphatic heterocycles. The number of aryl methyl sites for hydroxylation is 1. The van der Waals surface area contributed by atoms with E-state index in [-0.39, 0.29) is 17.0 Å². The maximum atomic E-state index is 13.2. The molecule has 0 atom stereocenters. The van der Waals surface area contributed by atoms with E-state index in [0.717, 1.165) is 4.63 Å². The Hall–Kier alpha value is -1.72. The monoisotopic (exact) mass is 167 g/mol. The van der Waals surface area contributed by atoms with Crippen molar-refractivity contribution in [3.63, 3.8) is 0 Å².